The van der Waals surface area contributed by atoms with Crippen molar-refractivity contribution in [2.75, 3.05) is 18.1 Å². The molecule has 2 fully saturated rings. The van der Waals surface area contributed by atoms with Gasteiger partial charge in [-0.25, -0.2) is 23.7 Å². The molecule has 1 aliphatic heterocycles. The molecular weight excluding hydrogens is 504 g/mol. The van der Waals surface area contributed by atoms with Gasteiger partial charge in [-0.15, -0.1) is 0 Å². The number of aromatic carboxylic acids is 1. The number of nitrogens with zero attached hydrogens (tertiary/aromatic N) is 5. The maximum atomic E-state index is 14.2. The first-order chi connectivity index (χ1) is 17.3. The Hall–Kier alpha value is -4.01. The molecule has 0 aromatic carbocycles. The third-order valence-corrected chi connectivity index (χ3v) is 6.14. The predicted molar refractivity (Wildman–Crippen MR) is 115 cm³/mol. The Morgan fingerprint density at radius 1 is 1.38 bits per heavy atom. The van der Waals surface area contributed by atoms with Crippen molar-refractivity contribution in [2.45, 2.75) is 37.5 Å². The van der Waals surface area contributed by atoms with E-state index >= 15 is 0 Å². The summed E-state index contributed by atoms with van der Waals surface area (Å²) in [7, 11) is 0. The molecule has 2 aliphatic rings. The van der Waals surface area contributed by atoms with Crippen molar-refractivity contribution in [1.82, 2.24) is 19.6 Å². The third kappa shape index (κ3) is 4.98. The highest BCUT2D eigenvalue weighted by atomic mass is 19.4. The van der Waals surface area contributed by atoms with Crippen molar-refractivity contribution < 1.29 is 47.8 Å². The lowest BCUT2D eigenvalue weighted by Crippen LogP contribution is -2.61. The number of halogens is 4. The molecule has 0 amide bonds. The SMILES string of the molecule is C[C@@H]([NH3+])COc1ncc(F)cc1C12CC1CCN2c1ccn2ncc(C(=O)O)c2n1.O=C([O-])C(F)(F)F. The lowest BCUT2D eigenvalue weighted by molar-refractivity contribution is -0.417. The summed E-state index contributed by atoms with van der Waals surface area (Å²) in [5.41, 5.74) is 4.50. The van der Waals surface area contributed by atoms with E-state index in [2.05, 4.69) is 25.7 Å². The van der Waals surface area contributed by atoms with Gasteiger partial charge in [0, 0.05) is 18.3 Å². The van der Waals surface area contributed by atoms with E-state index in [1.54, 1.807) is 12.3 Å². The van der Waals surface area contributed by atoms with Crippen LogP contribution < -0.4 is 20.5 Å². The van der Waals surface area contributed by atoms with Crippen LogP contribution in [0.5, 0.6) is 5.88 Å². The normalized spacial score (nSPS) is 21.1. The van der Waals surface area contributed by atoms with Crippen LogP contribution in [0.4, 0.5) is 23.4 Å². The summed E-state index contributed by atoms with van der Waals surface area (Å²) in [4.78, 5) is 31.2. The summed E-state index contributed by atoms with van der Waals surface area (Å²) >= 11 is 0. The molecule has 2 unspecified atom stereocenters. The number of piperidine rings is 1. The van der Waals surface area contributed by atoms with Crippen LogP contribution >= 0.6 is 0 Å². The van der Waals surface area contributed by atoms with E-state index in [4.69, 9.17) is 14.6 Å². The van der Waals surface area contributed by atoms with Crippen LogP contribution in [0.1, 0.15) is 35.7 Å². The zero-order valence-electron chi connectivity index (χ0n) is 19.4. The van der Waals surface area contributed by atoms with Gasteiger partial charge in [-0.05, 0) is 37.8 Å². The van der Waals surface area contributed by atoms with Crippen molar-refractivity contribution >= 4 is 23.4 Å². The Bertz CT molecular complexity index is 1350. The number of fused-ring (bicyclic) bond motifs is 2. The Balaban J connectivity index is 0.000000405. The minimum Gasteiger partial charge on any atom is -0.542 e. The maximum absolute atomic E-state index is 14.2. The second-order valence-electron chi connectivity index (χ2n) is 8.89. The average Bonchev–Trinajstić information content (AvgIpc) is 3.19. The number of pyridine rings is 1. The minimum absolute atomic E-state index is 0.0401. The molecule has 1 saturated carbocycles. The van der Waals surface area contributed by atoms with Gasteiger partial charge in [-0.3, -0.25) is 0 Å². The molecule has 5 rings (SSSR count). The fourth-order valence-corrected chi connectivity index (χ4v) is 4.50. The second-order valence-corrected chi connectivity index (χ2v) is 8.89. The number of alkyl halides is 3. The Labute approximate surface area is 206 Å². The molecule has 1 aliphatic carbocycles. The highest BCUT2D eigenvalue weighted by molar-refractivity contribution is 5.94. The first-order valence-corrected chi connectivity index (χ1v) is 11.1. The van der Waals surface area contributed by atoms with Crippen molar-refractivity contribution in [1.29, 1.82) is 0 Å². The van der Waals surface area contributed by atoms with Crippen molar-refractivity contribution in [3.8, 4) is 5.88 Å². The van der Waals surface area contributed by atoms with E-state index in [1.807, 2.05) is 6.92 Å². The smallest absolute Gasteiger partial charge is 0.430 e. The Morgan fingerprint density at radius 3 is 2.68 bits per heavy atom. The molecular formula is C22H22F4N6O5. The van der Waals surface area contributed by atoms with E-state index in [1.165, 1.54) is 16.8 Å². The van der Waals surface area contributed by atoms with Crippen molar-refractivity contribution in [3.63, 3.8) is 0 Å². The number of carboxylic acid groups (broad SMARTS) is 2. The van der Waals surface area contributed by atoms with Crippen LogP contribution in [0.3, 0.4) is 0 Å². The summed E-state index contributed by atoms with van der Waals surface area (Å²) < 4.78 is 53.0. The number of carbonyl (C=O) groups is 2. The number of carbonyl (C=O) groups excluding carboxylic acids is 1. The number of aromatic nitrogens is 4. The Morgan fingerprint density at radius 2 is 2.08 bits per heavy atom. The van der Waals surface area contributed by atoms with Gasteiger partial charge < -0.3 is 30.4 Å². The fraction of sp³-hybridized carbons (Fsp3) is 0.409. The predicted octanol–water partition coefficient (Wildman–Crippen LogP) is 0.395. The highest BCUT2D eigenvalue weighted by Gasteiger charge is 2.65. The number of aliphatic carboxylic acids is 1. The maximum Gasteiger partial charge on any atom is 0.430 e. The fourth-order valence-electron chi connectivity index (χ4n) is 4.50. The molecule has 37 heavy (non-hydrogen) atoms. The standard InChI is InChI=1S/C20H21FN6O3.C2HF3O2/c1-11(22)10-30-18-15(6-13(21)8-23-18)20-7-12(20)2-4-26(20)16-3-5-27-17(25-16)14(9-24-27)19(28)29;3-2(4,5)1(6)7/h3,5-6,8-9,11-12H,2,4,7,10,22H2,1H3,(H,28,29);(H,6,7)/t11-,12?,20?;/m1./s1. The molecule has 1 saturated heterocycles. The van der Waals surface area contributed by atoms with Gasteiger partial charge in [0.2, 0.25) is 5.88 Å². The molecule has 4 N–H and O–H groups in total. The summed E-state index contributed by atoms with van der Waals surface area (Å²) in [6, 6.07) is 3.37. The van der Waals surface area contributed by atoms with Gasteiger partial charge in [0.25, 0.3) is 0 Å². The van der Waals surface area contributed by atoms with Crippen molar-refractivity contribution in [2.24, 2.45) is 5.92 Å². The number of ether oxygens (including phenoxy) is 1. The lowest BCUT2D eigenvalue weighted by Gasteiger charge is -2.31. The molecule has 198 valence electrons. The molecule has 3 aromatic rings. The lowest BCUT2D eigenvalue weighted by atomic mass is 10.0. The summed E-state index contributed by atoms with van der Waals surface area (Å²) in [6.45, 7) is 3.05. The number of hydrogen-bond acceptors (Lipinski definition) is 8. The zero-order chi connectivity index (χ0) is 27.1. The van der Waals surface area contributed by atoms with Crippen LogP contribution in [-0.2, 0) is 10.3 Å². The van der Waals surface area contributed by atoms with E-state index in [0.717, 1.165) is 25.6 Å². The molecule has 0 bridgehead atoms. The van der Waals surface area contributed by atoms with Gasteiger partial charge >= 0.3 is 12.1 Å². The first kappa shape index (κ1) is 26.1. The average molecular weight is 526 g/mol. The number of anilines is 1. The molecule has 3 aromatic heterocycles. The molecule has 0 radical (unpaired) electrons. The van der Waals surface area contributed by atoms with Gasteiger partial charge in [-0.1, -0.05) is 0 Å². The van der Waals surface area contributed by atoms with E-state index in [0.29, 0.717) is 29.8 Å². The summed E-state index contributed by atoms with van der Waals surface area (Å²) in [5.74, 6) is -3.12. The number of hydrogen-bond donors (Lipinski definition) is 2. The second kappa shape index (κ2) is 9.46. The van der Waals surface area contributed by atoms with E-state index in [9.17, 15) is 27.5 Å². The zero-order valence-corrected chi connectivity index (χ0v) is 19.4. The van der Waals surface area contributed by atoms with E-state index < -0.39 is 29.5 Å². The van der Waals surface area contributed by atoms with Crippen LogP contribution in [0.2, 0.25) is 0 Å². The van der Waals surface area contributed by atoms with Crippen LogP contribution in [0, 0.1) is 11.7 Å². The van der Waals surface area contributed by atoms with Crippen LogP contribution in [0.25, 0.3) is 5.65 Å². The number of rotatable bonds is 6. The topological polar surface area (TPSA) is 161 Å². The minimum atomic E-state index is -5.19. The van der Waals surface area contributed by atoms with Gasteiger partial charge in [0.1, 0.15) is 35.8 Å². The summed E-state index contributed by atoms with van der Waals surface area (Å²) in [5, 5.41) is 22.2. The van der Waals surface area contributed by atoms with Gasteiger partial charge in [-0.2, -0.15) is 18.3 Å². The first-order valence-electron chi connectivity index (χ1n) is 11.1. The Kier molecular flexibility index (Phi) is 6.66. The van der Waals surface area contributed by atoms with E-state index in [-0.39, 0.29) is 17.3 Å². The third-order valence-electron chi connectivity index (χ3n) is 6.14. The largest absolute Gasteiger partial charge is 0.542 e. The molecule has 0 spiro atoms. The molecule has 15 heteroatoms. The monoisotopic (exact) mass is 526 g/mol. The van der Waals surface area contributed by atoms with Gasteiger partial charge in [0.15, 0.2) is 5.65 Å². The van der Waals surface area contributed by atoms with Gasteiger partial charge in [0.05, 0.1) is 17.9 Å². The summed E-state index contributed by atoms with van der Waals surface area (Å²) in [6.07, 6.45) is 0.719. The molecule has 4 heterocycles. The van der Waals surface area contributed by atoms with Crippen molar-refractivity contribution in [3.05, 3.63) is 47.7 Å². The quantitative estimate of drug-likeness (QED) is 0.433. The van der Waals surface area contributed by atoms with Crippen LogP contribution in [-0.4, -0.2) is 62.0 Å². The highest BCUT2D eigenvalue weighted by Crippen LogP contribution is 2.64. The number of carboxylic acids is 2. The van der Waals surface area contributed by atoms with Crippen LogP contribution in [0.15, 0.2) is 30.7 Å². The molecule has 11 nitrogen and oxygen atoms in total. The molecule has 3 atom stereocenters. The number of quaternary nitrogens is 1.